The Hall–Kier alpha value is -1.35. The van der Waals surface area contributed by atoms with E-state index in [0.29, 0.717) is 0 Å². The highest BCUT2D eigenvalue weighted by Gasteiger charge is 2.25. The molecule has 1 aliphatic rings. The Bertz CT molecular complexity index is 434. The standard InChI is InChI=1S/C14H19NO2/c1-9-7-13(17-3)10(2)6-12(9)14(16)11-4-5-15-8-11/h6-7,11,15H,4-5,8H2,1-3H3. The molecule has 17 heavy (non-hydrogen) atoms. The molecule has 1 heterocycles. The van der Waals surface area contributed by atoms with Crippen molar-refractivity contribution in [2.75, 3.05) is 20.2 Å². The lowest BCUT2D eigenvalue weighted by Gasteiger charge is -2.13. The zero-order valence-corrected chi connectivity index (χ0v) is 10.7. The van der Waals surface area contributed by atoms with Gasteiger partial charge in [0.15, 0.2) is 5.78 Å². The lowest BCUT2D eigenvalue weighted by Crippen LogP contribution is -2.19. The Labute approximate surface area is 102 Å². The Kier molecular flexibility index (Phi) is 3.48. The fourth-order valence-electron chi connectivity index (χ4n) is 2.37. The monoisotopic (exact) mass is 233 g/mol. The number of rotatable bonds is 3. The van der Waals surface area contributed by atoms with Crippen molar-refractivity contribution in [3.8, 4) is 5.75 Å². The molecule has 0 spiro atoms. The summed E-state index contributed by atoms with van der Waals surface area (Å²) in [7, 11) is 1.66. The molecule has 3 nitrogen and oxygen atoms in total. The third-order valence-electron chi connectivity index (χ3n) is 3.44. The zero-order valence-electron chi connectivity index (χ0n) is 10.7. The molecule has 0 aromatic heterocycles. The number of benzene rings is 1. The predicted molar refractivity (Wildman–Crippen MR) is 67.8 cm³/mol. The van der Waals surface area contributed by atoms with E-state index in [4.69, 9.17) is 4.74 Å². The van der Waals surface area contributed by atoms with E-state index in [9.17, 15) is 4.79 Å². The minimum Gasteiger partial charge on any atom is -0.496 e. The summed E-state index contributed by atoms with van der Waals surface area (Å²) in [5, 5.41) is 3.23. The number of carbonyl (C=O) groups is 1. The van der Waals surface area contributed by atoms with E-state index >= 15 is 0 Å². The van der Waals surface area contributed by atoms with Gasteiger partial charge in [-0.15, -0.1) is 0 Å². The van der Waals surface area contributed by atoms with Crippen molar-refractivity contribution in [3.63, 3.8) is 0 Å². The maximum Gasteiger partial charge on any atom is 0.167 e. The van der Waals surface area contributed by atoms with Crippen LogP contribution in [0.5, 0.6) is 5.75 Å². The Morgan fingerprint density at radius 2 is 2.12 bits per heavy atom. The lowest BCUT2D eigenvalue weighted by molar-refractivity contribution is 0.0929. The number of ketones is 1. The second kappa shape index (κ2) is 4.88. The molecule has 0 radical (unpaired) electrons. The van der Waals surface area contributed by atoms with Gasteiger partial charge in [-0.05, 0) is 50.1 Å². The van der Waals surface area contributed by atoms with Crippen molar-refractivity contribution in [3.05, 3.63) is 28.8 Å². The van der Waals surface area contributed by atoms with Gasteiger partial charge in [0.1, 0.15) is 5.75 Å². The number of methoxy groups -OCH3 is 1. The second-order valence-corrected chi connectivity index (χ2v) is 4.69. The van der Waals surface area contributed by atoms with Gasteiger partial charge >= 0.3 is 0 Å². The first-order valence-corrected chi connectivity index (χ1v) is 6.03. The van der Waals surface area contributed by atoms with Crippen LogP contribution >= 0.6 is 0 Å². The molecule has 92 valence electrons. The normalized spacial score (nSPS) is 19.4. The maximum atomic E-state index is 12.3. The SMILES string of the molecule is COc1cc(C)c(C(=O)C2CCNC2)cc1C. The second-order valence-electron chi connectivity index (χ2n) is 4.69. The van der Waals surface area contributed by atoms with Crippen molar-refractivity contribution in [2.45, 2.75) is 20.3 Å². The molecular weight excluding hydrogens is 214 g/mol. The van der Waals surface area contributed by atoms with Crippen LogP contribution in [0.2, 0.25) is 0 Å². The van der Waals surface area contributed by atoms with E-state index < -0.39 is 0 Å². The summed E-state index contributed by atoms with van der Waals surface area (Å²) in [6.07, 6.45) is 0.948. The van der Waals surface area contributed by atoms with Crippen LogP contribution in [-0.2, 0) is 0 Å². The van der Waals surface area contributed by atoms with Gasteiger partial charge in [0.05, 0.1) is 7.11 Å². The lowest BCUT2D eigenvalue weighted by atomic mass is 9.92. The molecular formula is C14H19NO2. The summed E-state index contributed by atoms with van der Waals surface area (Å²) in [6.45, 7) is 5.70. The van der Waals surface area contributed by atoms with Crippen LogP contribution in [-0.4, -0.2) is 26.0 Å². The van der Waals surface area contributed by atoms with Gasteiger partial charge in [-0.1, -0.05) is 0 Å². The highest BCUT2D eigenvalue weighted by Crippen LogP contribution is 2.25. The minimum atomic E-state index is 0.140. The molecule has 0 amide bonds. The first-order chi connectivity index (χ1) is 8.13. The van der Waals surface area contributed by atoms with Crippen LogP contribution in [0.15, 0.2) is 12.1 Å². The molecule has 1 atom stereocenters. The van der Waals surface area contributed by atoms with Crippen LogP contribution in [0.1, 0.15) is 27.9 Å². The molecule has 0 bridgehead atoms. The molecule has 1 aliphatic heterocycles. The average Bonchev–Trinajstić information content (AvgIpc) is 2.84. The molecule has 1 aromatic carbocycles. The summed E-state index contributed by atoms with van der Waals surface area (Å²) in [5.74, 6) is 1.25. The van der Waals surface area contributed by atoms with E-state index in [-0.39, 0.29) is 11.7 Å². The number of hydrogen-bond donors (Lipinski definition) is 1. The van der Waals surface area contributed by atoms with Crippen molar-refractivity contribution in [2.24, 2.45) is 5.92 Å². The quantitative estimate of drug-likeness (QED) is 0.813. The number of Topliss-reactive ketones (excluding diaryl/α,β-unsaturated/α-hetero) is 1. The van der Waals surface area contributed by atoms with Crippen molar-refractivity contribution in [1.82, 2.24) is 5.32 Å². The van der Waals surface area contributed by atoms with E-state index in [1.165, 1.54) is 0 Å². The molecule has 0 aliphatic carbocycles. The topological polar surface area (TPSA) is 38.3 Å². The van der Waals surface area contributed by atoms with Gasteiger partial charge < -0.3 is 10.1 Å². The Balaban J connectivity index is 2.31. The van der Waals surface area contributed by atoms with Gasteiger partial charge in [0, 0.05) is 18.0 Å². The van der Waals surface area contributed by atoms with Gasteiger partial charge in [0.2, 0.25) is 0 Å². The highest BCUT2D eigenvalue weighted by molar-refractivity contribution is 5.99. The van der Waals surface area contributed by atoms with E-state index in [0.717, 1.165) is 42.0 Å². The number of ether oxygens (including phenoxy) is 1. The van der Waals surface area contributed by atoms with Crippen molar-refractivity contribution >= 4 is 5.78 Å². The summed E-state index contributed by atoms with van der Waals surface area (Å²) in [6, 6.07) is 3.90. The molecule has 2 rings (SSSR count). The fourth-order valence-corrected chi connectivity index (χ4v) is 2.37. The molecule has 1 N–H and O–H groups in total. The van der Waals surface area contributed by atoms with Crippen LogP contribution in [0, 0.1) is 19.8 Å². The number of hydrogen-bond acceptors (Lipinski definition) is 3. The molecule has 3 heteroatoms. The molecule has 1 fully saturated rings. The molecule has 0 saturated carbocycles. The fraction of sp³-hybridized carbons (Fsp3) is 0.500. The zero-order chi connectivity index (χ0) is 12.4. The van der Waals surface area contributed by atoms with Gasteiger partial charge in [-0.2, -0.15) is 0 Å². The molecule has 1 saturated heterocycles. The summed E-state index contributed by atoms with van der Waals surface area (Å²) >= 11 is 0. The summed E-state index contributed by atoms with van der Waals surface area (Å²) < 4.78 is 5.26. The number of carbonyl (C=O) groups excluding carboxylic acids is 1. The van der Waals surface area contributed by atoms with Crippen LogP contribution in [0.4, 0.5) is 0 Å². The average molecular weight is 233 g/mol. The number of nitrogens with one attached hydrogen (secondary N) is 1. The summed E-state index contributed by atoms with van der Waals surface area (Å²) in [4.78, 5) is 12.3. The predicted octanol–water partition coefficient (Wildman–Crippen LogP) is 2.10. The first kappa shape index (κ1) is 12.1. The third-order valence-corrected chi connectivity index (χ3v) is 3.44. The Morgan fingerprint density at radius 1 is 1.35 bits per heavy atom. The Morgan fingerprint density at radius 3 is 2.71 bits per heavy atom. The number of aryl methyl sites for hydroxylation is 2. The van der Waals surface area contributed by atoms with Gasteiger partial charge in [-0.3, -0.25) is 4.79 Å². The molecule has 1 aromatic rings. The smallest absolute Gasteiger partial charge is 0.167 e. The maximum absolute atomic E-state index is 12.3. The van der Waals surface area contributed by atoms with E-state index in [1.54, 1.807) is 7.11 Å². The van der Waals surface area contributed by atoms with Gasteiger partial charge in [-0.25, -0.2) is 0 Å². The van der Waals surface area contributed by atoms with Crippen LogP contribution < -0.4 is 10.1 Å². The third kappa shape index (κ3) is 2.34. The van der Waals surface area contributed by atoms with E-state index in [1.807, 2.05) is 26.0 Å². The highest BCUT2D eigenvalue weighted by atomic mass is 16.5. The van der Waals surface area contributed by atoms with Crippen LogP contribution in [0.25, 0.3) is 0 Å². The largest absolute Gasteiger partial charge is 0.496 e. The summed E-state index contributed by atoms with van der Waals surface area (Å²) in [5.41, 5.74) is 2.87. The first-order valence-electron chi connectivity index (χ1n) is 6.03. The minimum absolute atomic E-state index is 0.140. The van der Waals surface area contributed by atoms with E-state index in [2.05, 4.69) is 5.32 Å². The van der Waals surface area contributed by atoms with Crippen molar-refractivity contribution < 1.29 is 9.53 Å². The van der Waals surface area contributed by atoms with Crippen molar-refractivity contribution in [1.29, 1.82) is 0 Å². The van der Waals surface area contributed by atoms with Gasteiger partial charge in [0.25, 0.3) is 0 Å². The molecule has 1 unspecified atom stereocenters. The van der Waals surface area contributed by atoms with Crippen LogP contribution in [0.3, 0.4) is 0 Å².